The third-order valence-electron chi connectivity index (χ3n) is 4.25. The molecule has 5 nitrogen and oxygen atoms in total. The molecule has 5 heteroatoms. The van der Waals surface area contributed by atoms with E-state index < -0.39 is 0 Å². The van der Waals surface area contributed by atoms with Crippen molar-refractivity contribution in [2.75, 3.05) is 33.3 Å². The van der Waals surface area contributed by atoms with Crippen LogP contribution >= 0.6 is 0 Å². The van der Waals surface area contributed by atoms with Crippen LogP contribution in [-0.2, 0) is 6.42 Å². The van der Waals surface area contributed by atoms with E-state index in [4.69, 9.17) is 10.5 Å². The molecular weight excluding hydrogens is 264 g/mol. The summed E-state index contributed by atoms with van der Waals surface area (Å²) in [7, 11) is 1.64. The first-order valence-electron chi connectivity index (χ1n) is 7.51. The largest absolute Gasteiger partial charge is 0.481 e. The molecule has 1 aliphatic rings. The summed E-state index contributed by atoms with van der Waals surface area (Å²) in [5, 5.41) is 0. The molecule has 2 aromatic heterocycles. The van der Waals surface area contributed by atoms with Gasteiger partial charge in [-0.05, 0) is 49.5 Å². The second kappa shape index (κ2) is 6.37. The molecule has 3 rings (SSSR count). The Bertz CT molecular complexity index is 616. The van der Waals surface area contributed by atoms with E-state index in [1.807, 2.05) is 18.3 Å². The first-order chi connectivity index (χ1) is 10.3. The maximum absolute atomic E-state index is 5.75. The van der Waals surface area contributed by atoms with Crippen molar-refractivity contribution in [3.63, 3.8) is 0 Å². The Labute approximate surface area is 125 Å². The Kier molecular flexibility index (Phi) is 4.31. The smallest absolute Gasteiger partial charge is 0.213 e. The van der Waals surface area contributed by atoms with Gasteiger partial charge in [-0.3, -0.25) is 4.98 Å². The molecule has 0 saturated carbocycles. The Morgan fingerprint density at radius 1 is 1.38 bits per heavy atom. The summed E-state index contributed by atoms with van der Waals surface area (Å²) in [6, 6.07) is 5.88. The maximum atomic E-state index is 5.75. The van der Waals surface area contributed by atoms with E-state index in [2.05, 4.69) is 20.9 Å². The Morgan fingerprint density at radius 2 is 2.29 bits per heavy atom. The first-order valence-corrected chi connectivity index (χ1v) is 7.51. The molecular formula is C16H22N4O. The molecule has 112 valence electrons. The lowest BCUT2D eigenvalue weighted by Crippen LogP contribution is -2.25. The molecule has 3 heterocycles. The topological polar surface area (TPSA) is 64.3 Å². The summed E-state index contributed by atoms with van der Waals surface area (Å²) < 4.78 is 5.22. The van der Waals surface area contributed by atoms with E-state index in [0.29, 0.717) is 11.8 Å². The molecule has 0 aliphatic carbocycles. The molecule has 0 spiro atoms. The van der Waals surface area contributed by atoms with Crippen LogP contribution in [0.15, 0.2) is 24.4 Å². The lowest BCUT2D eigenvalue weighted by Gasteiger charge is -2.16. The van der Waals surface area contributed by atoms with Crippen LogP contribution in [0.25, 0.3) is 11.0 Å². The zero-order chi connectivity index (χ0) is 14.7. The fourth-order valence-electron chi connectivity index (χ4n) is 2.96. The molecule has 21 heavy (non-hydrogen) atoms. The summed E-state index contributed by atoms with van der Waals surface area (Å²) in [6.45, 7) is 4.12. The maximum Gasteiger partial charge on any atom is 0.213 e. The number of rotatable bonds is 5. The fraction of sp³-hybridized carbons (Fsp3) is 0.500. The van der Waals surface area contributed by atoms with Crippen molar-refractivity contribution in [1.29, 1.82) is 0 Å². The summed E-state index contributed by atoms with van der Waals surface area (Å²) in [5.74, 6) is 1.30. The number of nitrogens with zero attached hydrogens (tertiary/aromatic N) is 3. The van der Waals surface area contributed by atoms with E-state index in [0.717, 1.165) is 43.6 Å². The van der Waals surface area contributed by atoms with Gasteiger partial charge in [0.05, 0.1) is 18.1 Å². The van der Waals surface area contributed by atoms with Gasteiger partial charge in [0, 0.05) is 25.4 Å². The number of aromatic nitrogens is 2. The van der Waals surface area contributed by atoms with Gasteiger partial charge in [-0.1, -0.05) is 0 Å². The van der Waals surface area contributed by atoms with E-state index >= 15 is 0 Å². The quantitative estimate of drug-likeness (QED) is 0.901. The highest BCUT2D eigenvalue weighted by molar-refractivity contribution is 5.78. The third kappa shape index (κ3) is 3.14. The number of nitrogens with two attached hydrogens (primary N) is 1. The van der Waals surface area contributed by atoms with Crippen molar-refractivity contribution < 1.29 is 4.74 Å². The average Bonchev–Trinajstić information content (AvgIpc) is 3.00. The number of likely N-dealkylation sites (tertiary alicyclic amines) is 1. The first kappa shape index (κ1) is 14.2. The highest BCUT2D eigenvalue weighted by Gasteiger charge is 2.20. The third-order valence-corrected chi connectivity index (χ3v) is 4.25. The van der Waals surface area contributed by atoms with Crippen molar-refractivity contribution in [2.45, 2.75) is 12.8 Å². The van der Waals surface area contributed by atoms with Crippen LogP contribution in [-0.4, -0.2) is 48.2 Å². The van der Waals surface area contributed by atoms with Gasteiger partial charge in [-0.15, -0.1) is 0 Å². The van der Waals surface area contributed by atoms with E-state index in [1.54, 1.807) is 7.11 Å². The van der Waals surface area contributed by atoms with Gasteiger partial charge < -0.3 is 15.4 Å². The highest BCUT2D eigenvalue weighted by Crippen LogP contribution is 2.20. The van der Waals surface area contributed by atoms with Crippen molar-refractivity contribution in [2.24, 2.45) is 11.7 Å². The van der Waals surface area contributed by atoms with Crippen molar-refractivity contribution in [3.05, 3.63) is 30.0 Å². The molecule has 0 amide bonds. The van der Waals surface area contributed by atoms with Gasteiger partial charge in [0.25, 0.3) is 0 Å². The molecule has 0 radical (unpaired) electrons. The van der Waals surface area contributed by atoms with Gasteiger partial charge in [0.2, 0.25) is 5.88 Å². The van der Waals surface area contributed by atoms with E-state index in [-0.39, 0.29) is 0 Å². The molecule has 1 aliphatic heterocycles. The summed E-state index contributed by atoms with van der Waals surface area (Å²) in [6.07, 6.45) is 4.06. The van der Waals surface area contributed by atoms with Gasteiger partial charge in [-0.2, -0.15) is 0 Å². The lowest BCUT2D eigenvalue weighted by molar-refractivity contribution is 0.330. The van der Waals surface area contributed by atoms with Crippen LogP contribution < -0.4 is 10.5 Å². The van der Waals surface area contributed by atoms with Crippen LogP contribution in [0.1, 0.15) is 12.0 Å². The number of hydrogen-bond donors (Lipinski definition) is 1. The molecule has 1 saturated heterocycles. The fourth-order valence-corrected chi connectivity index (χ4v) is 2.96. The Morgan fingerprint density at radius 3 is 3.05 bits per heavy atom. The average molecular weight is 286 g/mol. The zero-order valence-corrected chi connectivity index (χ0v) is 12.5. The molecule has 2 aromatic rings. The minimum absolute atomic E-state index is 0.640. The molecule has 1 unspecified atom stereocenters. The second-order valence-corrected chi connectivity index (χ2v) is 5.63. The van der Waals surface area contributed by atoms with Gasteiger partial charge in [0.15, 0.2) is 0 Å². The zero-order valence-electron chi connectivity index (χ0n) is 12.5. The van der Waals surface area contributed by atoms with Crippen LogP contribution in [0, 0.1) is 5.92 Å². The number of fused-ring (bicyclic) bond motifs is 1. The number of hydrogen-bond acceptors (Lipinski definition) is 5. The van der Waals surface area contributed by atoms with Crippen LogP contribution in [0.3, 0.4) is 0 Å². The van der Waals surface area contributed by atoms with E-state index in [9.17, 15) is 0 Å². The summed E-state index contributed by atoms with van der Waals surface area (Å²) in [5.41, 5.74) is 8.86. The molecule has 0 aromatic carbocycles. The van der Waals surface area contributed by atoms with Crippen molar-refractivity contribution in [3.8, 4) is 5.88 Å². The summed E-state index contributed by atoms with van der Waals surface area (Å²) >= 11 is 0. The predicted molar refractivity (Wildman–Crippen MR) is 83.4 cm³/mol. The normalized spacial score (nSPS) is 19.2. The lowest BCUT2D eigenvalue weighted by atomic mass is 10.1. The SMILES string of the molecule is COc1ccc2nccc(CCN3CCC(CN)C3)c2n1. The highest BCUT2D eigenvalue weighted by atomic mass is 16.5. The number of pyridine rings is 2. The van der Waals surface area contributed by atoms with Crippen LogP contribution in [0.5, 0.6) is 5.88 Å². The van der Waals surface area contributed by atoms with E-state index in [1.165, 1.54) is 12.0 Å². The number of ether oxygens (including phenoxy) is 1. The molecule has 1 fully saturated rings. The summed E-state index contributed by atoms with van der Waals surface area (Å²) in [4.78, 5) is 11.4. The van der Waals surface area contributed by atoms with Crippen molar-refractivity contribution in [1.82, 2.24) is 14.9 Å². The van der Waals surface area contributed by atoms with Gasteiger partial charge in [0.1, 0.15) is 0 Å². The Balaban J connectivity index is 1.74. The molecule has 1 atom stereocenters. The van der Waals surface area contributed by atoms with Gasteiger partial charge >= 0.3 is 0 Å². The minimum Gasteiger partial charge on any atom is -0.481 e. The molecule has 2 N–H and O–H groups in total. The predicted octanol–water partition coefficient (Wildman–Crippen LogP) is 1.46. The second-order valence-electron chi connectivity index (χ2n) is 5.63. The minimum atomic E-state index is 0.640. The van der Waals surface area contributed by atoms with Crippen LogP contribution in [0.2, 0.25) is 0 Å². The van der Waals surface area contributed by atoms with Crippen LogP contribution in [0.4, 0.5) is 0 Å². The monoisotopic (exact) mass is 286 g/mol. The standard InChI is InChI=1S/C16H22N4O/c1-21-15-3-2-14-16(19-15)13(4-7-18-14)6-9-20-8-5-12(10-17)11-20/h2-4,7,12H,5-6,8-11,17H2,1H3. The Hall–Kier alpha value is -1.72. The number of methoxy groups -OCH3 is 1. The van der Waals surface area contributed by atoms with Gasteiger partial charge in [-0.25, -0.2) is 4.98 Å². The van der Waals surface area contributed by atoms with Crippen molar-refractivity contribution >= 4 is 11.0 Å². The molecule has 0 bridgehead atoms.